The molecule has 0 saturated carbocycles. The predicted molar refractivity (Wildman–Crippen MR) is 47.7 cm³/mol. The lowest BCUT2D eigenvalue weighted by molar-refractivity contribution is -0.0327. The standard InChI is InChI=1S/C7H14F3NOS/c1-6(12)2-3-11-4-5-13-7(8,9)10/h6,11-12H,2-5H2,1H3. The summed E-state index contributed by atoms with van der Waals surface area (Å²) in [6, 6.07) is 0. The summed E-state index contributed by atoms with van der Waals surface area (Å²) in [4.78, 5) is 0. The minimum Gasteiger partial charge on any atom is -0.393 e. The first-order valence-corrected chi connectivity index (χ1v) is 5.00. The van der Waals surface area contributed by atoms with E-state index in [1.807, 2.05) is 0 Å². The molecule has 0 aliphatic rings. The van der Waals surface area contributed by atoms with E-state index >= 15 is 0 Å². The van der Waals surface area contributed by atoms with Crippen molar-refractivity contribution in [1.29, 1.82) is 0 Å². The Labute approximate surface area is 79.9 Å². The highest BCUT2D eigenvalue weighted by molar-refractivity contribution is 8.00. The van der Waals surface area contributed by atoms with Crippen molar-refractivity contribution in [1.82, 2.24) is 5.32 Å². The maximum absolute atomic E-state index is 11.6. The molecule has 13 heavy (non-hydrogen) atoms. The Morgan fingerprint density at radius 2 is 2.00 bits per heavy atom. The molecule has 0 bridgehead atoms. The fraction of sp³-hybridized carbons (Fsp3) is 1.00. The van der Waals surface area contributed by atoms with Crippen LogP contribution in [0.3, 0.4) is 0 Å². The highest BCUT2D eigenvalue weighted by Gasteiger charge is 2.27. The van der Waals surface area contributed by atoms with Crippen molar-refractivity contribution in [3.63, 3.8) is 0 Å². The van der Waals surface area contributed by atoms with Crippen LogP contribution in [0.25, 0.3) is 0 Å². The second kappa shape index (κ2) is 6.50. The van der Waals surface area contributed by atoms with Gasteiger partial charge in [-0.25, -0.2) is 0 Å². The molecule has 2 N–H and O–H groups in total. The number of thioether (sulfide) groups is 1. The van der Waals surface area contributed by atoms with Crippen molar-refractivity contribution >= 4 is 11.8 Å². The van der Waals surface area contributed by atoms with Gasteiger partial charge in [-0.05, 0) is 31.7 Å². The molecule has 0 aromatic carbocycles. The molecule has 0 spiro atoms. The number of aliphatic hydroxyl groups is 1. The second-order valence-electron chi connectivity index (χ2n) is 2.68. The molecule has 0 amide bonds. The summed E-state index contributed by atoms with van der Waals surface area (Å²) in [5, 5.41) is 11.6. The number of nitrogens with one attached hydrogen (secondary N) is 1. The summed E-state index contributed by atoms with van der Waals surface area (Å²) < 4.78 is 34.8. The van der Waals surface area contributed by atoms with Gasteiger partial charge in [-0.2, -0.15) is 13.2 Å². The molecule has 0 radical (unpaired) electrons. The highest BCUT2D eigenvalue weighted by atomic mass is 32.2. The molecule has 1 unspecified atom stereocenters. The van der Waals surface area contributed by atoms with Crippen molar-refractivity contribution in [2.75, 3.05) is 18.8 Å². The van der Waals surface area contributed by atoms with Crippen molar-refractivity contribution in [3.8, 4) is 0 Å². The zero-order valence-corrected chi connectivity index (χ0v) is 8.21. The van der Waals surface area contributed by atoms with Crippen LogP contribution in [0.2, 0.25) is 0 Å². The van der Waals surface area contributed by atoms with Gasteiger partial charge in [-0.3, -0.25) is 0 Å². The summed E-state index contributed by atoms with van der Waals surface area (Å²) in [6.45, 7) is 2.51. The normalized spacial score (nSPS) is 14.5. The van der Waals surface area contributed by atoms with Gasteiger partial charge < -0.3 is 10.4 Å². The summed E-state index contributed by atoms with van der Waals surface area (Å²) in [6.07, 6.45) is 0.166. The SMILES string of the molecule is CC(O)CCNCCSC(F)(F)F. The monoisotopic (exact) mass is 217 g/mol. The van der Waals surface area contributed by atoms with Crippen LogP contribution >= 0.6 is 11.8 Å². The third-order valence-electron chi connectivity index (χ3n) is 1.28. The van der Waals surface area contributed by atoms with Gasteiger partial charge in [0.25, 0.3) is 0 Å². The van der Waals surface area contributed by atoms with E-state index in [2.05, 4.69) is 5.32 Å². The number of rotatable bonds is 6. The van der Waals surface area contributed by atoms with Gasteiger partial charge in [0.1, 0.15) is 0 Å². The van der Waals surface area contributed by atoms with Gasteiger partial charge in [0.2, 0.25) is 0 Å². The third-order valence-corrected chi connectivity index (χ3v) is 2.02. The zero-order valence-electron chi connectivity index (χ0n) is 7.40. The van der Waals surface area contributed by atoms with Crippen LogP contribution in [0.1, 0.15) is 13.3 Å². The average molecular weight is 217 g/mol. The Morgan fingerprint density at radius 3 is 2.46 bits per heavy atom. The van der Waals surface area contributed by atoms with Crippen LogP contribution in [-0.2, 0) is 0 Å². The molecule has 0 fully saturated rings. The van der Waals surface area contributed by atoms with Gasteiger partial charge in [0, 0.05) is 12.3 Å². The maximum atomic E-state index is 11.6. The van der Waals surface area contributed by atoms with Crippen molar-refractivity contribution in [2.45, 2.75) is 25.0 Å². The molecule has 0 rings (SSSR count). The van der Waals surface area contributed by atoms with Crippen LogP contribution in [0, 0.1) is 0 Å². The topological polar surface area (TPSA) is 32.3 Å². The molecule has 1 atom stereocenters. The summed E-state index contributed by atoms with van der Waals surface area (Å²) >= 11 is -0.0326. The van der Waals surface area contributed by atoms with Gasteiger partial charge in [-0.1, -0.05) is 0 Å². The molecular formula is C7H14F3NOS. The fourth-order valence-electron chi connectivity index (χ4n) is 0.675. The first kappa shape index (κ1) is 13.1. The van der Waals surface area contributed by atoms with Crippen molar-refractivity contribution in [3.05, 3.63) is 0 Å². The Balaban J connectivity index is 3.09. The molecule has 0 aliphatic carbocycles. The minimum atomic E-state index is -4.13. The van der Waals surface area contributed by atoms with Crippen LogP contribution in [0.5, 0.6) is 0 Å². The van der Waals surface area contributed by atoms with E-state index < -0.39 is 11.6 Å². The molecule has 80 valence electrons. The van der Waals surface area contributed by atoms with Crippen molar-refractivity contribution in [2.24, 2.45) is 0 Å². The lowest BCUT2D eigenvalue weighted by Crippen LogP contribution is -2.22. The molecule has 0 aromatic rings. The highest BCUT2D eigenvalue weighted by Crippen LogP contribution is 2.29. The summed E-state index contributed by atoms with van der Waals surface area (Å²) in [7, 11) is 0. The minimum absolute atomic E-state index is 0.0172. The van der Waals surface area contributed by atoms with Crippen molar-refractivity contribution < 1.29 is 18.3 Å². The molecular weight excluding hydrogens is 203 g/mol. The molecule has 0 saturated heterocycles. The number of hydrogen-bond donors (Lipinski definition) is 2. The van der Waals surface area contributed by atoms with E-state index in [9.17, 15) is 13.2 Å². The largest absolute Gasteiger partial charge is 0.441 e. The molecule has 0 heterocycles. The first-order chi connectivity index (χ1) is 5.92. The summed E-state index contributed by atoms with van der Waals surface area (Å²) in [5.41, 5.74) is -4.13. The Hall–Kier alpha value is 0.0600. The summed E-state index contributed by atoms with van der Waals surface area (Å²) in [5.74, 6) is 0.0172. The van der Waals surface area contributed by atoms with Gasteiger partial charge >= 0.3 is 5.51 Å². The third kappa shape index (κ3) is 12.1. The van der Waals surface area contributed by atoms with E-state index in [-0.39, 0.29) is 17.5 Å². The predicted octanol–water partition coefficient (Wildman–Crippen LogP) is 1.60. The number of hydrogen-bond acceptors (Lipinski definition) is 3. The zero-order chi connectivity index (χ0) is 10.3. The molecule has 2 nitrogen and oxygen atoms in total. The molecule has 0 aromatic heterocycles. The van der Waals surface area contributed by atoms with E-state index in [1.54, 1.807) is 6.92 Å². The van der Waals surface area contributed by atoms with Gasteiger partial charge in [0.15, 0.2) is 0 Å². The Kier molecular flexibility index (Phi) is 6.53. The smallest absolute Gasteiger partial charge is 0.393 e. The molecule has 0 aliphatic heterocycles. The lowest BCUT2D eigenvalue weighted by atomic mass is 10.3. The van der Waals surface area contributed by atoms with E-state index in [1.165, 1.54) is 0 Å². The maximum Gasteiger partial charge on any atom is 0.441 e. The van der Waals surface area contributed by atoms with E-state index in [0.29, 0.717) is 19.5 Å². The quantitative estimate of drug-likeness (QED) is 0.663. The Morgan fingerprint density at radius 1 is 1.38 bits per heavy atom. The number of aliphatic hydroxyl groups excluding tert-OH is 1. The van der Waals surface area contributed by atoms with E-state index in [4.69, 9.17) is 5.11 Å². The van der Waals surface area contributed by atoms with Crippen LogP contribution in [0.4, 0.5) is 13.2 Å². The number of alkyl halides is 3. The average Bonchev–Trinajstić information content (AvgIpc) is 1.93. The van der Waals surface area contributed by atoms with Crippen LogP contribution in [-0.4, -0.2) is 35.6 Å². The van der Waals surface area contributed by atoms with E-state index in [0.717, 1.165) is 0 Å². The van der Waals surface area contributed by atoms with Gasteiger partial charge in [-0.15, -0.1) is 0 Å². The second-order valence-corrected chi connectivity index (χ2v) is 3.84. The first-order valence-electron chi connectivity index (χ1n) is 4.01. The van der Waals surface area contributed by atoms with Gasteiger partial charge in [0.05, 0.1) is 6.10 Å². The fourth-order valence-corrected chi connectivity index (χ4v) is 1.15. The Bertz CT molecular complexity index is 129. The van der Waals surface area contributed by atoms with Crippen LogP contribution in [0.15, 0.2) is 0 Å². The number of halogens is 3. The molecule has 6 heteroatoms. The van der Waals surface area contributed by atoms with Crippen LogP contribution < -0.4 is 5.32 Å². The lowest BCUT2D eigenvalue weighted by Gasteiger charge is -2.07.